The molecule has 1 aromatic rings. The van der Waals surface area contributed by atoms with Gasteiger partial charge in [-0.05, 0) is 23.8 Å². The predicted octanol–water partition coefficient (Wildman–Crippen LogP) is 1.62. The van der Waals surface area contributed by atoms with Crippen LogP contribution >= 0.6 is 0 Å². The number of benzene rings is 1. The highest BCUT2D eigenvalue weighted by Gasteiger charge is 2.18. The van der Waals surface area contributed by atoms with Crippen LogP contribution in [0.1, 0.15) is 23.7 Å². The quantitative estimate of drug-likeness (QED) is 0.805. The molecule has 0 aliphatic heterocycles. The maximum Gasteiger partial charge on any atom is 0.264 e. The van der Waals surface area contributed by atoms with Crippen molar-refractivity contribution in [3.63, 3.8) is 0 Å². The van der Waals surface area contributed by atoms with Gasteiger partial charge in [0.1, 0.15) is 5.75 Å². The van der Waals surface area contributed by atoms with Crippen LogP contribution in [0, 0.1) is 0 Å². The SMILES string of the molecule is COc1ccc(C(F)F)c(C(O)CN)c1. The third-order valence-electron chi connectivity index (χ3n) is 2.11. The van der Waals surface area contributed by atoms with Gasteiger partial charge in [-0.25, -0.2) is 8.78 Å². The molecule has 0 aromatic heterocycles. The van der Waals surface area contributed by atoms with Crippen LogP contribution in [0.5, 0.6) is 5.75 Å². The molecule has 0 saturated heterocycles. The molecule has 0 saturated carbocycles. The number of nitrogens with two attached hydrogens (primary N) is 1. The van der Waals surface area contributed by atoms with E-state index in [0.29, 0.717) is 5.75 Å². The van der Waals surface area contributed by atoms with E-state index >= 15 is 0 Å². The molecule has 15 heavy (non-hydrogen) atoms. The Balaban J connectivity index is 3.16. The van der Waals surface area contributed by atoms with Crippen LogP contribution in [0.15, 0.2) is 18.2 Å². The number of ether oxygens (including phenoxy) is 1. The zero-order valence-electron chi connectivity index (χ0n) is 8.28. The van der Waals surface area contributed by atoms with Gasteiger partial charge in [-0.2, -0.15) is 0 Å². The Labute approximate surface area is 86.5 Å². The van der Waals surface area contributed by atoms with Gasteiger partial charge in [-0.1, -0.05) is 0 Å². The second-order valence-corrected chi connectivity index (χ2v) is 3.05. The van der Waals surface area contributed by atoms with Crippen molar-refractivity contribution < 1.29 is 18.6 Å². The topological polar surface area (TPSA) is 55.5 Å². The van der Waals surface area contributed by atoms with Gasteiger partial charge in [-0.3, -0.25) is 0 Å². The summed E-state index contributed by atoms with van der Waals surface area (Å²) in [6.45, 7) is -0.104. The minimum atomic E-state index is -2.63. The molecule has 0 spiro atoms. The molecule has 0 bridgehead atoms. The van der Waals surface area contributed by atoms with Crippen LogP contribution in [0.4, 0.5) is 8.78 Å². The van der Waals surface area contributed by atoms with Crippen LogP contribution in [-0.4, -0.2) is 18.8 Å². The largest absolute Gasteiger partial charge is 0.497 e. The van der Waals surface area contributed by atoms with Crippen LogP contribution in [-0.2, 0) is 0 Å². The summed E-state index contributed by atoms with van der Waals surface area (Å²) in [6.07, 6.45) is -3.73. The van der Waals surface area contributed by atoms with Crippen molar-refractivity contribution >= 4 is 0 Å². The Morgan fingerprint density at radius 3 is 2.53 bits per heavy atom. The molecule has 0 aliphatic rings. The third-order valence-corrected chi connectivity index (χ3v) is 2.11. The highest BCUT2D eigenvalue weighted by molar-refractivity contribution is 5.37. The van der Waals surface area contributed by atoms with Crippen LogP contribution in [0.2, 0.25) is 0 Å². The molecule has 0 fully saturated rings. The average Bonchev–Trinajstić information content (AvgIpc) is 2.26. The lowest BCUT2D eigenvalue weighted by molar-refractivity contribution is 0.138. The van der Waals surface area contributed by atoms with Gasteiger partial charge >= 0.3 is 0 Å². The van der Waals surface area contributed by atoms with Gasteiger partial charge in [0.05, 0.1) is 13.2 Å². The standard InChI is InChI=1S/C10H13F2NO2/c1-15-6-2-3-7(10(11)12)8(4-6)9(14)5-13/h2-4,9-10,14H,5,13H2,1H3. The third kappa shape index (κ3) is 2.64. The first-order valence-corrected chi connectivity index (χ1v) is 4.44. The number of aliphatic hydroxyl groups excluding tert-OH is 1. The maximum absolute atomic E-state index is 12.6. The fourth-order valence-electron chi connectivity index (χ4n) is 1.29. The van der Waals surface area contributed by atoms with Crippen LogP contribution < -0.4 is 10.5 Å². The Kier molecular flexibility index (Phi) is 3.99. The number of aliphatic hydroxyl groups is 1. The molecular formula is C10H13F2NO2. The van der Waals surface area contributed by atoms with Crippen LogP contribution in [0.3, 0.4) is 0 Å². The van der Waals surface area contributed by atoms with Crippen molar-refractivity contribution in [3.8, 4) is 5.75 Å². The Morgan fingerprint density at radius 1 is 1.40 bits per heavy atom. The summed E-state index contributed by atoms with van der Waals surface area (Å²) in [6, 6.07) is 4.03. The van der Waals surface area contributed by atoms with Gasteiger partial charge in [0, 0.05) is 12.1 Å². The molecule has 3 nitrogen and oxygen atoms in total. The Hall–Kier alpha value is -1.20. The second-order valence-electron chi connectivity index (χ2n) is 3.05. The number of hydrogen-bond acceptors (Lipinski definition) is 3. The molecule has 1 atom stereocenters. The number of rotatable bonds is 4. The lowest BCUT2D eigenvalue weighted by Gasteiger charge is -2.14. The van der Waals surface area contributed by atoms with Crippen LogP contribution in [0.25, 0.3) is 0 Å². The first kappa shape index (κ1) is 11.9. The molecule has 0 amide bonds. The number of hydrogen-bond donors (Lipinski definition) is 2. The summed E-state index contributed by atoms with van der Waals surface area (Å²) in [5.74, 6) is 0.418. The molecule has 0 radical (unpaired) electrons. The van der Waals surface area contributed by atoms with E-state index in [1.165, 1.54) is 25.3 Å². The highest BCUT2D eigenvalue weighted by Crippen LogP contribution is 2.30. The fraction of sp³-hybridized carbons (Fsp3) is 0.400. The molecule has 1 rings (SSSR count). The maximum atomic E-state index is 12.6. The zero-order chi connectivity index (χ0) is 11.4. The molecule has 1 aromatic carbocycles. The molecule has 0 aliphatic carbocycles. The van der Waals surface area contributed by atoms with Gasteiger partial charge in [0.15, 0.2) is 0 Å². The van der Waals surface area contributed by atoms with E-state index in [1.807, 2.05) is 0 Å². The fourth-order valence-corrected chi connectivity index (χ4v) is 1.29. The van der Waals surface area contributed by atoms with E-state index < -0.39 is 12.5 Å². The van der Waals surface area contributed by atoms with E-state index in [2.05, 4.69) is 0 Å². The summed E-state index contributed by atoms with van der Waals surface area (Å²) in [5.41, 5.74) is 5.13. The summed E-state index contributed by atoms with van der Waals surface area (Å²) in [4.78, 5) is 0. The smallest absolute Gasteiger partial charge is 0.264 e. The lowest BCUT2D eigenvalue weighted by atomic mass is 10.0. The molecule has 1 unspecified atom stereocenters. The van der Waals surface area contributed by atoms with Crippen molar-refractivity contribution in [3.05, 3.63) is 29.3 Å². The number of methoxy groups -OCH3 is 1. The Bertz CT molecular complexity index is 331. The second kappa shape index (κ2) is 5.04. The molecule has 3 N–H and O–H groups in total. The summed E-state index contributed by atoms with van der Waals surface area (Å²) in [5, 5.41) is 9.47. The van der Waals surface area contributed by atoms with Crippen molar-refractivity contribution in [2.45, 2.75) is 12.5 Å². The van der Waals surface area contributed by atoms with Crippen molar-refractivity contribution in [1.82, 2.24) is 0 Å². The Morgan fingerprint density at radius 2 is 2.07 bits per heavy atom. The zero-order valence-corrected chi connectivity index (χ0v) is 8.28. The number of alkyl halides is 2. The number of halogens is 2. The normalized spacial score (nSPS) is 12.9. The van der Waals surface area contributed by atoms with Gasteiger partial charge < -0.3 is 15.6 Å². The van der Waals surface area contributed by atoms with E-state index in [0.717, 1.165) is 0 Å². The molecule has 0 heterocycles. The van der Waals surface area contributed by atoms with Gasteiger partial charge in [0.25, 0.3) is 6.43 Å². The minimum absolute atomic E-state index is 0.104. The summed E-state index contributed by atoms with van der Waals surface area (Å²) >= 11 is 0. The van der Waals surface area contributed by atoms with Crippen molar-refractivity contribution in [2.24, 2.45) is 5.73 Å². The first-order valence-electron chi connectivity index (χ1n) is 4.44. The summed E-state index contributed by atoms with van der Waals surface area (Å²) < 4.78 is 30.0. The lowest BCUT2D eigenvalue weighted by Crippen LogP contribution is -2.13. The molecular weight excluding hydrogens is 204 g/mol. The van der Waals surface area contributed by atoms with E-state index in [4.69, 9.17) is 10.5 Å². The van der Waals surface area contributed by atoms with Crippen molar-refractivity contribution in [2.75, 3.05) is 13.7 Å². The average molecular weight is 217 g/mol. The first-order chi connectivity index (χ1) is 7.10. The van der Waals surface area contributed by atoms with Crippen molar-refractivity contribution in [1.29, 1.82) is 0 Å². The van der Waals surface area contributed by atoms with Gasteiger partial charge in [0.2, 0.25) is 0 Å². The van der Waals surface area contributed by atoms with E-state index in [-0.39, 0.29) is 17.7 Å². The van der Waals surface area contributed by atoms with E-state index in [9.17, 15) is 13.9 Å². The predicted molar refractivity (Wildman–Crippen MR) is 52.0 cm³/mol. The summed E-state index contributed by atoms with van der Waals surface area (Å²) in [7, 11) is 1.43. The minimum Gasteiger partial charge on any atom is -0.497 e. The van der Waals surface area contributed by atoms with E-state index in [1.54, 1.807) is 0 Å². The molecule has 84 valence electrons. The molecule has 5 heteroatoms. The monoisotopic (exact) mass is 217 g/mol. The highest BCUT2D eigenvalue weighted by atomic mass is 19.3. The van der Waals surface area contributed by atoms with Gasteiger partial charge in [-0.15, -0.1) is 0 Å².